The third-order valence-corrected chi connectivity index (χ3v) is 4.80. The Bertz CT molecular complexity index is 1200. The van der Waals surface area contributed by atoms with Crippen LogP contribution in [0.15, 0.2) is 103 Å². The van der Waals surface area contributed by atoms with Crippen molar-refractivity contribution < 1.29 is 19.1 Å². The van der Waals surface area contributed by atoms with E-state index >= 15 is 0 Å². The van der Waals surface area contributed by atoms with Crippen LogP contribution in [-0.2, 0) is 0 Å². The van der Waals surface area contributed by atoms with Crippen LogP contribution >= 0.6 is 0 Å². The maximum atomic E-state index is 12.9. The van der Waals surface area contributed by atoms with Gasteiger partial charge in [-0.1, -0.05) is 78.9 Å². The molecule has 4 heteroatoms. The molecule has 0 heterocycles. The van der Waals surface area contributed by atoms with Crippen LogP contribution in [0.4, 0.5) is 0 Å². The summed E-state index contributed by atoms with van der Waals surface area (Å²) in [7, 11) is 0. The molecule has 31 heavy (non-hydrogen) atoms. The van der Waals surface area contributed by atoms with Crippen LogP contribution in [0, 0.1) is 6.92 Å². The molecule has 4 nitrogen and oxygen atoms in total. The topological polar surface area (TPSA) is 52.6 Å². The predicted molar refractivity (Wildman–Crippen MR) is 119 cm³/mol. The minimum absolute atomic E-state index is 0.212. The number of hydrogen-bond acceptors (Lipinski definition) is 4. The summed E-state index contributed by atoms with van der Waals surface area (Å²) < 4.78 is 11.6. The molecule has 0 saturated carbocycles. The molecule has 4 aromatic carbocycles. The fourth-order valence-electron chi connectivity index (χ4n) is 3.19. The zero-order valence-corrected chi connectivity index (χ0v) is 16.9. The van der Waals surface area contributed by atoms with Gasteiger partial charge in [0.05, 0.1) is 11.1 Å². The van der Waals surface area contributed by atoms with E-state index in [0.717, 1.165) is 5.56 Å². The molecular formula is C27H20O4. The Labute approximate surface area is 180 Å². The van der Waals surface area contributed by atoms with Gasteiger partial charge in [-0.3, -0.25) is 0 Å². The molecule has 0 unspecified atom stereocenters. The highest BCUT2D eigenvalue weighted by Gasteiger charge is 2.22. The molecule has 0 bridgehead atoms. The lowest BCUT2D eigenvalue weighted by Gasteiger charge is -2.17. The van der Waals surface area contributed by atoms with E-state index < -0.39 is 11.9 Å². The summed E-state index contributed by atoms with van der Waals surface area (Å²) in [6.45, 7) is 1.81. The van der Waals surface area contributed by atoms with Crippen molar-refractivity contribution in [2.45, 2.75) is 6.92 Å². The number of hydrogen-bond donors (Lipinski definition) is 0. The molecule has 4 aromatic rings. The van der Waals surface area contributed by atoms with E-state index in [1.54, 1.807) is 48.5 Å². The minimum atomic E-state index is -0.527. The van der Waals surface area contributed by atoms with Gasteiger partial charge in [0.15, 0.2) is 11.5 Å². The van der Waals surface area contributed by atoms with Crippen molar-refractivity contribution in [2.75, 3.05) is 0 Å². The third kappa shape index (κ3) is 4.54. The average molecular weight is 408 g/mol. The Morgan fingerprint density at radius 3 is 1.52 bits per heavy atom. The molecule has 0 spiro atoms. The molecule has 0 atom stereocenters. The second-order valence-electron chi connectivity index (χ2n) is 6.97. The first-order valence-corrected chi connectivity index (χ1v) is 9.87. The highest BCUT2D eigenvalue weighted by molar-refractivity contribution is 5.95. The molecule has 0 amide bonds. The monoisotopic (exact) mass is 408 g/mol. The highest BCUT2D eigenvalue weighted by atomic mass is 16.6. The molecule has 0 saturated heterocycles. The number of benzene rings is 4. The SMILES string of the molecule is Cc1ccc(-c2ccccc2)c(OC(=O)c2ccccc2)c1OC(=O)c1ccccc1. The van der Waals surface area contributed by atoms with Gasteiger partial charge < -0.3 is 9.47 Å². The quantitative estimate of drug-likeness (QED) is 0.296. The fourth-order valence-corrected chi connectivity index (χ4v) is 3.19. The zero-order chi connectivity index (χ0) is 21.6. The van der Waals surface area contributed by atoms with Gasteiger partial charge >= 0.3 is 11.9 Å². The number of carbonyl (C=O) groups is 2. The van der Waals surface area contributed by atoms with Gasteiger partial charge in [0, 0.05) is 5.56 Å². The number of esters is 2. The summed E-state index contributed by atoms with van der Waals surface area (Å²) in [5.41, 5.74) is 3.00. The minimum Gasteiger partial charge on any atom is -0.419 e. The summed E-state index contributed by atoms with van der Waals surface area (Å²) in [6, 6.07) is 30.6. The first-order valence-electron chi connectivity index (χ1n) is 9.87. The summed E-state index contributed by atoms with van der Waals surface area (Å²) in [6.07, 6.45) is 0. The van der Waals surface area contributed by atoms with Crippen molar-refractivity contribution in [3.8, 4) is 22.6 Å². The van der Waals surface area contributed by atoms with Crippen LogP contribution in [0.25, 0.3) is 11.1 Å². The molecule has 0 aliphatic carbocycles. The van der Waals surface area contributed by atoms with E-state index in [-0.39, 0.29) is 11.5 Å². The van der Waals surface area contributed by atoms with Crippen LogP contribution in [0.2, 0.25) is 0 Å². The number of aryl methyl sites for hydroxylation is 1. The van der Waals surface area contributed by atoms with Crippen molar-refractivity contribution in [3.63, 3.8) is 0 Å². The molecule has 0 aliphatic rings. The van der Waals surface area contributed by atoms with Gasteiger partial charge in [0.25, 0.3) is 0 Å². The normalized spacial score (nSPS) is 10.4. The molecule has 0 fully saturated rings. The highest BCUT2D eigenvalue weighted by Crippen LogP contribution is 2.41. The van der Waals surface area contributed by atoms with Crippen LogP contribution in [0.3, 0.4) is 0 Å². The van der Waals surface area contributed by atoms with Crippen LogP contribution in [-0.4, -0.2) is 11.9 Å². The standard InChI is InChI=1S/C27H20O4/c1-19-17-18-23(20-11-5-2-6-12-20)25(31-27(29)22-15-9-4-10-16-22)24(19)30-26(28)21-13-7-3-8-14-21/h2-18H,1H3. The second-order valence-corrected chi connectivity index (χ2v) is 6.97. The van der Waals surface area contributed by atoms with Gasteiger partial charge in [-0.25, -0.2) is 9.59 Å². The summed E-state index contributed by atoms with van der Waals surface area (Å²) in [5.74, 6) is -0.616. The summed E-state index contributed by atoms with van der Waals surface area (Å²) in [5, 5.41) is 0. The van der Waals surface area contributed by atoms with Crippen LogP contribution in [0.5, 0.6) is 11.5 Å². The molecule has 152 valence electrons. The molecule has 0 aromatic heterocycles. The smallest absolute Gasteiger partial charge is 0.343 e. The maximum absolute atomic E-state index is 12.9. The van der Waals surface area contributed by atoms with E-state index in [1.807, 2.05) is 61.5 Å². The van der Waals surface area contributed by atoms with Crippen LogP contribution in [0.1, 0.15) is 26.3 Å². The van der Waals surface area contributed by atoms with E-state index in [2.05, 4.69) is 0 Å². The van der Waals surface area contributed by atoms with E-state index in [0.29, 0.717) is 22.3 Å². The third-order valence-electron chi connectivity index (χ3n) is 4.80. The fraction of sp³-hybridized carbons (Fsp3) is 0.0370. The first-order chi connectivity index (χ1) is 15.1. The molecule has 0 aliphatic heterocycles. The van der Waals surface area contributed by atoms with Crippen molar-refractivity contribution in [1.82, 2.24) is 0 Å². The number of ether oxygens (including phenoxy) is 2. The second kappa shape index (κ2) is 9.09. The van der Waals surface area contributed by atoms with E-state index in [4.69, 9.17) is 9.47 Å². The Hall–Kier alpha value is -4.18. The van der Waals surface area contributed by atoms with Gasteiger partial charge in [0.1, 0.15) is 0 Å². The number of carbonyl (C=O) groups excluding carboxylic acids is 2. The van der Waals surface area contributed by atoms with Crippen molar-refractivity contribution >= 4 is 11.9 Å². The Kier molecular flexibility index (Phi) is 5.90. The van der Waals surface area contributed by atoms with Crippen molar-refractivity contribution in [1.29, 1.82) is 0 Å². The molecule has 0 N–H and O–H groups in total. The van der Waals surface area contributed by atoms with Gasteiger partial charge in [-0.05, 0) is 42.3 Å². The van der Waals surface area contributed by atoms with Gasteiger partial charge in [0.2, 0.25) is 0 Å². The molecule has 4 rings (SSSR count). The lowest BCUT2D eigenvalue weighted by Crippen LogP contribution is -2.14. The Morgan fingerprint density at radius 1 is 0.548 bits per heavy atom. The lowest BCUT2D eigenvalue weighted by molar-refractivity contribution is 0.0682. The van der Waals surface area contributed by atoms with Gasteiger partial charge in [-0.2, -0.15) is 0 Å². The molecule has 0 radical (unpaired) electrons. The van der Waals surface area contributed by atoms with Crippen LogP contribution < -0.4 is 9.47 Å². The maximum Gasteiger partial charge on any atom is 0.343 e. The Morgan fingerprint density at radius 2 is 1.00 bits per heavy atom. The first kappa shape index (κ1) is 20.1. The average Bonchev–Trinajstić information content (AvgIpc) is 2.83. The number of rotatable bonds is 5. The Balaban J connectivity index is 1.79. The van der Waals surface area contributed by atoms with E-state index in [9.17, 15) is 9.59 Å². The van der Waals surface area contributed by atoms with E-state index in [1.165, 1.54) is 0 Å². The zero-order valence-electron chi connectivity index (χ0n) is 16.9. The molecular weight excluding hydrogens is 388 g/mol. The summed E-state index contributed by atoms with van der Waals surface area (Å²) in [4.78, 5) is 25.6. The van der Waals surface area contributed by atoms with Gasteiger partial charge in [-0.15, -0.1) is 0 Å². The largest absolute Gasteiger partial charge is 0.419 e. The lowest BCUT2D eigenvalue weighted by atomic mass is 10.0. The van der Waals surface area contributed by atoms with Crippen molar-refractivity contribution in [3.05, 3.63) is 120 Å². The summed E-state index contributed by atoms with van der Waals surface area (Å²) >= 11 is 0. The van der Waals surface area contributed by atoms with Crippen molar-refractivity contribution in [2.24, 2.45) is 0 Å². The predicted octanol–water partition coefficient (Wildman–Crippen LogP) is 6.10.